The summed E-state index contributed by atoms with van der Waals surface area (Å²) >= 11 is 1.71. The summed E-state index contributed by atoms with van der Waals surface area (Å²) in [5.74, 6) is 0. The number of thiazole rings is 1. The Labute approximate surface area is 89.4 Å². The van der Waals surface area contributed by atoms with Crippen molar-refractivity contribution in [2.45, 2.75) is 32.9 Å². The van der Waals surface area contributed by atoms with Gasteiger partial charge in [-0.3, -0.25) is 4.90 Å². The predicted molar refractivity (Wildman–Crippen MR) is 59.5 cm³/mol. The van der Waals surface area contributed by atoms with E-state index in [4.69, 9.17) is 0 Å². The summed E-state index contributed by atoms with van der Waals surface area (Å²) in [6.45, 7) is 7.08. The number of nitrogens with zero attached hydrogens (tertiary/aromatic N) is 2. The van der Waals surface area contributed by atoms with Crippen LogP contribution >= 0.6 is 11.3 Å². The molecular weight excluding hydrogens is 196 g/mol. The fraction of sp³-hybridized carbons (Fsp3) is 0.700. The molecule has 1 aromatic rings. The van der Waals surface area contributed by atoms with Crippen LogP contribution in [-0.2, 0) is 6.54 Å². The second-order valence-electron chi connectivity index (χ2n) is 4.17. The molecule has 0 aliphatic rings. The molecule has 0 bridgehead atoms. The Morgan fingerprint density at radius 3 is 2.64 bits per heavy atom. The molecule has 0 saturated heterocycles. The van der Waals surface area contributed by atoms with E-state index in [9.17, 15) is 5.11 Å². The van der Waals surface area contributed by atoms with Gasteiger partial charge in [-0.1, -0.05) is 0 Å². The van der Waals surface area contributed by atoms with Gasteiger partial charge in [-0.2, -0.15) is 0 Å². The van der Waals surface area contributed by atoms with Crippen LogP contribution in [0.4, 0.5) is 0 Å². The third kappa shape index (κ3) is 2.77. The Morgan fingerprint density at radius 2 is 2.21 bits per heavy atom. The van der Waals surface area contributed by atoms with E-state index < -0.39 is 0 Å². The van der Waals surface area contributed by atoms with E-state index in [2.05, 4.69) is 9.88 Å². The molecule has 0 spiro atoms. The van der Waals surface area contributed by atoms with Crippen LogP contribution in [0.1, 0.15) is 23.7 Å². The summed E-state index contributed by atoms with van der Waals surface area (Å²) in [6, 6.07) is 0. The molecule has 1 N–H and O–H groups in total. The molecule has 0 unspecified atom stereocenters. The molecule has 1 aromatic heterocycles. The van der Waals surface area contributed by atoms with Gasteiger partial charge in [0.25, 0.3) is 0 Å². The molecular formula is C10H18N2OS. The maximum atomic E-state index is 9.19. The number of aliphatic hydroxyl groups excluding tert-OH is 1. The van der Waals surface area contributed by atoms with E-state index in [0.29, 0.717) is 0 Å². The molecule has 1 rings (SSSR count). The number of aromatic nitrogens is 1. The number of aryl methyl sites for hydroxylation is 1. The van der Waals surface area contributed by atoms with Gasteiger partial charge >= 0.3 is 0 Å². The Bertz CT molecular complexity index is 296. The van der Waals surface area contributed by atoms with Crippen molar-refractivity contribution in [2.24, 2.45) is 0 Å². The summed E-state index contributed by atoms with van der Waals surface area (Å²) in [4.78, 5) is 7.59. The zero-order valence-electron chi connectivity index (χ0n) is 9.24. The zero-order chi connectivity index (χ0) is 10.8. The molecule has 3 nitrogen and oxygen atoms in total. The first-order valence-electron chi connectivity index (χ1n) is 4.69. The van der Waals surface area contributed by atoms with E-state index in [0.717, 1.165) is 11.6 Å². The zero-order valence-corrected chi connectivity index (χ0v) is 10.1. The summed E-state index contributed by atoms with van der Waals surface area (Å²) in [5, 5.41) is 10.3. The Hall–Kier alpha value is -0.450. The first-order valence-corrected chi connectivity index (χ1v) is 5.51. The second-order valence-corrected chi connectivity index (χ2v) is 5.49. The van der Waals surface area contributed by atoms with E-state index in [1.54, 1.807) is 11.3 Å². The van der Waals surface area contributed by atoms with Crippen LogP contribution in [0.15, 0.2) is 6.20 Å². The van der Waals surface area contributed by atoms with Gasteiger partial charge in [-0.05, 0) is 27.8 Å². The standard InChI is InChI=1S/C10H18N2OS/c1-8-11-5-9(14-8)6-12(4)10(2,3)7-13/h5,13H,6-7H2,1-4H3. The maximum absolute atomic E-state index is 9.19. The van der Waals surface area contributed by atoms with Crippen LogP contribution in [0.5, 0.6) is 0 Å². The highest BCUT2D eigenvalue weighted by Gasteiger charge is 2.22. The molecule has 80 valence electrons. The average molecular weight is 214 g/mol. The van der Waals surface area contributed by atoms with Gasteiger partial charge in [0.15, 0.2) is 0 Å². The lowest BCUT2D eigenvalue weighted by molar-refractivity contribution is 0.0741. The lowest BCUT2D eigenvalue weighted by Crippen LogP contribution is -2.43. The highest BCUT2D eigenvalue weighted by molar-refractivity contribution is 7.11. The molecule has 0 aromatic carbocycles. The molecule has 0 radical (unpaired) electrons. The molecule has 0 aliphatic carbocycles. The van der Waals surface area contributed by atoms with E-state index in [-0.39, 0.29) is 12.1 Å². The Balaban J connectivity index is 2.61. The third-order valence-electron chi connectivity index (χ3n) is 2.48. The van der Waals surface area contributed by atoms with Crippen LogP contribution < -0.4 is 0 Å². The van der Waals surface area contributed by atoms with Gasteiger partial charge in [0.2, 0.25) is 0 Å². The molecule has 0 fully saturated rings. The van der Waals surface area contributed by atoms with Gasteiger partial charge < -0.3 is 5.11 Å². The van der Waals surface area contributed by atoms with Crippen LogP contribution in [0.2, 0.25) is 0 Å². The van der Waals surface area contributed by atoms with Crippen LogP contribution in [-0.4, -0.2) is 34.2 Å². The van der Waals surface area contributed by atoms with Crippen molar-refractivity contribution < 1.29 is 5.11 Å². The quantitative estimate of drug-likeness (QED) is 0.828. The highest BCUT2D eigenvalue weighted by Crippen LogP contribution is 2.18. The third-order valence-corrected chi connectivity index (χ3v) is 3.38. The van der Waals surface area contributed by atoms with Crippen molar-refractivity contribution in [1.82, 2.24) is 9.88 Å². The highest BCUT2D eigenvalue weighted by atomic mass is 32.1. The van der Waals surface area contributed by atoms with E-state index in [1.807, 2.05) is 34.0 Å². The first kappa shape index (κ1) is 11.6. The monoisotopic (exact) mass is 214 g/mol. The number of rotatable bonds is 4. The van der Waals surface area contributed by atoms with Gasteiger partial charge in [-0.25, -0.2) is 4.98 Å². The summed E-state index contributed by atoms with van der Waals surface area (Å²) in [5.41, 5.74) is -0.169. The van der Waals surface area contributed by atoms with Crippen molar-refractivity contribution >= 4 is 11.3 Å². The Morgan fingerprint density at radius 1 is 1.57 bits per heavy atom. The van der Waals surface area contributed by atoms with Crippen LogP contribution in [0, 0.1) is 6.92 Å². The van der Waals surface area contributed by atoms with E-state index >= 15 is 0 Å². The van der Waals surface area contributed by atoms with Crippen molar-refractivity contribution in [3.8, 4) is 0 Å². The lowest BCUT2D eigenvalue weighted by atomic mass is 10.1. The second kappa shape index (κ2) is 4.38. The topological polar surface area (TPSA) is 36.4 Å². The molecule has 0 amide bonds. The SMILES string of the molecule is Cc1ncc(CN(C)C(C)(C)CO)s1. The van der Waals surface area contributed by atoms with Gasteiger partial charge in [0.1, 0.15) is 0 Å². The fourth-order valence-corrected chi connectivity index (χ4v) is 1.90. The van der Waals surface area contributed by atoms with Gasteiger partial charge in [0.05, 0.1) is 11.6 Å². The van der Waals surface area contributed by atoms with Crippen LogP contribution in [0.3, 0.4) is 0 Å². The minimum absolute atomic E-state index is 0.168. The summed E-state index contributed by atoms with van der Waals surface area (Å²) < 4.78 is 0. The largest absolute Gasteiger partial charge is 0.394 e. The molecule has 0 aliphatic heterocycles. The number of hydrogen-bond donors (Lipinski definition) is 1. The smallest absolute Gasteiger partial charge is 0.0897 e. The van der Waals surface area contributed by atoms with E-state index in [1.165, 1.54) is 4.88 Å². The van der Waals surface area contributed by atoms with Crippen LogP contribution in [0.25, 0.3) is 0 Å². The summed E-state index contributed by atoms with van der Waals surface area (Å²) in [6.07, 6.45) is 1.91. The molecule has 0 atom stereocenters. The summed E-state index contributed by atoms with van der Waals surface area (Å²) in [7, 11) is 2.02. The van der Waals surface area contributed by atoms with Crippen molar-refractivity contribution in [2.75, 3.05) is 13.7 Å². The number of aliphatic hydroxyl groups is 1. The molecule has 14 heavy (non-hydrogen) atoms. The van der Waals surface area contributed by atoms with Crippen molar-refractivity contribution in [3.05, 3.63) is 16.1 Å². The molecule has 4 heteroatoms. The normalized spacial score (nSPS) is 12.4. The average Bonchev–Trinajstić information content (AvgIpc) is 2.51. The van der Waals surface area contributed by atoms with Gasteiger partial charge in [0, 0.05) is 23.2 Å². The molecule has 1 heterocycles. The minimum atomic E-state index is -0.169. The van der Waals surface area contributed by atoms with Crippen molar-refractivity contribution in [3.63, 3.8) is 0 Å². The number of likely N-dealkylation sites (N-methyl/N-ethyl adjacent to an activating group) is 1. The molecule has 0 saturated carbocycles. The fourth-order valence-electron chi connectivity index (χ4n) is 1.05. The minimum Gasteiger partial charge on any atom is -0.394 e. The lowest BCUT2D eigenvalue weighted by Gasteiger charge is -2.33. The number of hydrogen-bond acceptors (Lipinski definition) is 4. The Kier molecular flexibility index (Phi) is 3.64. The predicted octanol–water partition coefficient (Wildman–Crippen LogP) is 1.65. The first-order chi connectivity index (χ1) is 6.45. The maximum Gasteiger partial charge on any atom is 0.0897 e. The van der Waals surface area contributed by atoms with Gasteiger partial charge in [-0.15, -0.1) is 11.3 Å². The van der Waals surface area contributed by atoms with Crippen molar-refractivity contribution in [1.29, 1.82) is 0 Å².